The lowest BCUT2D eigenvalue weighted by Crippen LogP contribution is -2.60. The Labute approximate surface area is 115 Å². The van der Waals surface area contributed by atoms with Crippen LogP contribution in [0.2, 0.25) is 0 Å². The van der Waals surface area contributed by atoms with Gasteiger partial charge in [-0.3, -0.25) is 9.69 Å². The van der Waals surface area contributed by atoms with Crippen molar-refractivity contribution in [2.75, 3.05) is 19.6 Å². The zero-order valence-corrected chi connectivity index (χ0v) is 11.6. The van der Waals surface area contributed by atoms with Crippen molar-refractivity contribution in [3.8, 4) is 0 Å². The van der Waals surface area contributed by atoms with E-state index in [-0.39, 0.29) is 5.91 Å². The molecule has 0 radical (unpaired) electrons. The number of rotatable bonds is 1. The molecule has 0 saturated carbocycles. The molecule has 2 heterocycles. The Balaban J connectivity index is 1.75. The van der Waals surface area contributed by atoms with E-state index in [2.05, 4.69) is 16.7 Å². The fourth-order valence-corrected chi connectivity index (χ4v) is 3.38. The minimum atomic E-state index is 0.193. The lowest BCUT2D eigenvalue weighted by molar-refractivity contribution is 0.0151. The van der Waals surface area contributed by atoms with E-state index >= 15 is 0 Å². The number of carbonyl (C=O) groups is 1. The highest BCUT2D eigenvalue weighted by atomic mass is 16.2. The lowest BCUT2D eigenvalue weighted by Gasteiger charge is -2.47. The second kappa shape index (κ2) is 5.33. The largest absolute Gasteiger partial charge is 0.333 e. The minimum Gasteiger partial charge on any atom is -0.333 e. The van der Waals surface area contributed by atoms with Crippen molar-refractivity contribution in [1.82, 2.24) is 9.80 Å². The summed E-state index contributed by atoms with van der Waals surface area (Å²) in [4.78, 5) is 17.2. The van der Waals surface area contributed by atoms with Gasteiger partial charge in [0, 0.05) is 30.7 Å². The van der Waals surface area contributed by atoms with Crippen LogP contribution in [-0.4, -0.2) is 47.4 Å². The van der Waals surface area contributed by atoms with E-state index in [4.69, 9.17) is 0 Å². The summed E-state index contributed by atoms with van der Waals surface area (Å²) in [6.45, 7) is 5.31. The highest BCUT2D eigenvalue weighted by molar-refractivity contribution is 5.94. The zero-order valence-electron chi connectivity index (χ0n) is 11.6. The molecule has 1 aromatic rings. The summed E-state index contributed by atoms with van der Waals surface area (Å²) in [6.07, 6.45) is 3.87. The number of piperidine rings is 1. The molecular weight excluding hydrogens is 236 g/mol. The monoisotopic (exact) mass is 258 g/mol. The summed E-state index contributed by atoms with van der Waals surface area (Å²) >= 11 is 0. The number of carbonyl (C=O) groups excluding carboxylic acids is 1. The van der Waals surface area contributed by atoms with Crippen LogP contribution < -0.4 is 0 Å². The minimum absolute atomic E-state index is 0.193. The second-order valence-electron chi connectivity index (χ2n) is 5.82. The van der Waals surface area contributed by atoms with Crippen LogP contribution in [0.4, 0.5) is 0 Å². The van der Waals surface area contributed by atoms with E-state index in [0.29, 0.717) is 12.1 Å². The molecule has 2 aliphatic rings. The highest BCUT2D eigenvalue weighted by Crippen LogP contribution is 2.25. The maximum atomic E-state index is 12.6. The first-order valence-corrected chi connectivity index (χ1v) is 7.36. The van der Waals surface area contributed by atoms with E-state index in [1.54, 1.807) is 0 Å². The SMILES string of the molecule is C[C@@H]1CN2CCCC[C@@H]2CN1C(=O)c1ccccc1. The molecule has 1 aromatic carbocycles. The normalized spacial score (nSPS) is 27.9. The summed E-state index contributed by atoms with van der Waals surface area (Å²) < 4.78 is 0. The molecule has 1 amide bonds. The molecule has 3 nitrogen and oxygen atoms in total. The Hall–Kier alpha value is -1.35. The molecule has 19 heavy (non-hydrogen) atoms. The van der Waals surface area contributed by atoms with Gasteiger partial charge in [-0.25, -0.2) is 0 Å². The van der Waals surface area contributed by atoms with Crippen molar-refractivity contribution in [2.24, 2.45) is 0 Å². The molecule has 0 aliphatic carbocycles. The Morgan fingerprint density at radius 2 is 1.95 bits per heavy atom. The smallest absolute Gasteiger partial charge is 0.254 e. The number of hydrogen-bond donors (Lipinski definition) is 0. The first kappa shape index (κ1) is 12.7. The predicted octanol–water partition coefficient (Wildman–Crippen LogP) is 2.39. The molecule has 0 unspecified atom stereocenters. The van der Waals surface area contributed by atoms with Gasteiger partial charge < -0.3 is 4.90 Å². The molecule has 2 fully saturated rings. The third-order valence-electron chi connectivity index (χ3n) is 4.47. The maximum Gasteiger partial charge on any atom is 0.254 e. The Morgan fingerprint density at radius 1 is 1.16 bits per heavy atom. The Kier molecular flexibility index (Phi) is 3.56. The summed E-state index contributed by atoms with van der Waals surface area (Å²) in [5, 5.41) is 0. The van der Waals surface area contributed by atoms with Gasteiger partial charge in [0.25, 0.3) is 5.91 Å². The standard InChI is InChI=1S/C16H22N2O/c1-13-11-17-10-6-5-9-15(17)12-18(13)16(19)14-7-3-2-4-8-14/h2-4,7-8,13,15H,5-6,9-12H2,1H3/t13-,15-/m1/s1. The molecule has 102 valence electrons. The fraction of sp³-hybridized carbons (Fsp3) is 0.562. The second-order valence-corrected chi connectivity index (χ2v) is 5.82. The van der Waals surface area contributed by atoms with E-state index in [9.17, 15) is 4.79 Å². The van der Waals surface area contributed by atoms with Gasteiger partial charge in [0.15, 0.2) is 0 Å². The van der Waals surface area contributed by atoms with Crippen LogP contribution in [0.25, 0.3) is 0 Å². The van der Waals surface area contributed by atoms with Crippen LogP contribution in [0.3, 0.4) is 0 Å². The topological polar surface area (TPSA) is 23.6 Å². The molecule has 0 aromatic heterocycles. The first-order chi connectivity index (χ1) is 9.25. The van der Waals surface area contributed by atoms with E-state index in [0.717, 1.165) is 18.7 Å². The number of piperazine rings is 1. The third kappa shape index (κ3) is 2.52. The van der Waals surface area contributed by atoms with Crippen LogP contribution in [0, 0.1) is 0 Å². The van der Waals surface area contributed by atoms with Crippen molar-refractivity contribution < 1.29 is 4.79 Å². The summed E-state index contributed by atoms with van der Waals surface area (Å²) in [6, 6.07) is 10.6. The quantitative estimate of drug-likeness (QED) is 0.772. The molecule has 2 aliphatic heterocycles. The fourth-order valence-electron chi connectivity index (χ4n) is 3.38. The molecule has 0 bridgehead atoms. The van der Waals surface area contributed by atoms with Crippen molar-refractivity contribution in [1.29, 1.82) is 0 Å². The predicted molar refractivity (Wildman–Crippen MR) is 76.2 cm³/mol. The van der Waals surface area contributed by atoms with Gasteiger partial charge in [-0.2, -0.15) is 0 Å². The average Bonchev–Trinajstić information content (AvgIpc) is 2.47. The van der Waals surface area contributed by atoms with E-state index in [1.807, 2.05) is 30.3 Å². The van der Waals surface area contributed by atoms with Crippen molar-refractivity contribution in [2.45, 2.75) is 38.3 Å². The van der Waals surface area contributed by atoms with Gasteiger partial charge >= 0.3 is 0 Å². The maximum absolute atomic E-state index is 12.6. The van der Waals surface area contributed by atoms with Crippen molar-refractivity contribution in [3.05, 3.63) is 35.9 Å². The highest BCUT2D eigenvalue weighted by Gasteiger charge is 2.35. The van der Waals surface area contributed by atoms with Gasteiger partial charge in [-0.05, 0) is 38.4 Å². The summed E-state index contributed by atoms with van der Waals surface area (Å²) in [5.41, 5.74) is 0.818. The van der Waals surface area contributed by atoms with Gasteiger partial charge in [0.1, 0.15) is 0 Å². The van der Waals surface area contributed by atoms with Crippen LogP contribution in [0.1, 0.15) is 36.5 Å². The number of fused-ring (bicyclic) bond motifs is 1. The Bertz CT molecular complexity index is 445. The van der Waals surface area contributed by atoms with Crippen molar-refractivity contribution >= 4 is 5.91 Å². The molecule has 0 spiro atoms. The van der Waals surface area contributed by atoms with Gasteiger partial charge in [0.05, 0.1) is 0 Å². The lowest BCUT2D eigenvalue weighted by atomic mass is 9.96. The number of nitrogens with zero attached hydrogens (tertiary/aromatic N) is 2. The first-order valence-electron chi connectivity index (χ1n) is 7.36. The third-order valence-corrected chi connectivity index (χ3v) is 4.47. The molecule has 3 heteroatoms. The van der Waals surface area contributed by atoms with Gasteiger partial charge in [0.2, 0.25) is 0 Å². The number of hydrogen-bond acceptors (Lipinski definition) is 2. The van der Waals surface area contributed by atoms with Gasteiger partial charge in [-0.1, -0.05) is 24.6 Å². The molecule has 2 saturated heterocycles. The molecule has 3 rings (SSSR count). The molecule has 2 atom stereocenters. The van der Waals surface area contributed by atoms with Gasteiger partial charge in [-0.15, -0.1) is 0 Å². The Morgan fingerprint density at radius 3 is 2.74 bits per heavy atom. The summed E-state index contributed by atoms with van der Waals surface area (Å²) in [5.74, 6) is 0.193. The van der Waals surface area contributed by atoms with Crippen LogP contribution in [0.5, 0.6) is 0 Å². The van der Waals surface area contributed by atoms with Crippen molar-refractivity contribution in [3.63, 3.8) is 0 Å². The van der Waals surface area contributed by atoms with E-state index in [1.165, 1.54) is 25.8 Å². The van der Waals surface area contributed by atoms with E-state index < -0.39 is 0 Å². The molecule has 0 N–H and O–H groups in total. The van der Waals surface area contributed by atoms with Crippen LogP contribution in [-0.2, 0) is 0 Å². The van der Waals surface area contributed by atoms with Crippen LogP contribution in [0.15, 0.2) is 30.3 Å². The zero-order chi connectivity index (χ0) is 13.2. The van der Waals surface area contributed by atoms with Crippen LogP contribution >= 0.6 is 0 Å². The summed E-state index contributed by atoms with van der Waals surface area (Å²) in [7, 11) is 0. The number of amides is 1. The molecular formula is C16H22N2O. The number of benzene rings is 1. The average molecular weight is 258 g/mol.